The van der Waals surface area contributed by atoms with Gasteiger partial charge < -0.3 is 15.0 Å². The molecule has 0 amide bonds. The Labute approximate surface area is 127 Å². The third-order valence-corrected chi connectivity index (χ3v) is 3.12. The number of ether oxygens (including phenoxy) is 1. The summed E-state index contributed by atoms with van der Waals surface area (Å²) in [7, 11) is 0. The molecule has 0 aliphatic carbocycles. The molecule has 2 N–H and O–H groups in total. The zero-order valence-corrected chi connectivity index (χ0v) is 12.2. The van der Waals surface area contributed by atoms with E-state index in [0.29, 0.717) is 35.1 Å². The van der Waals surface area contributed by atoms with Crippen LogP contribution in [0.3, 0.4) is 0 Å². The van der Waals surface area contributed by atoms with Crippen molar-refractivity contribution < 1.29 is 9.53 Å². The minimum Gasteiger partial charge on any atom is -0.461 e. The summed E-state index contributed by atoms with van der Waals surface area (Å²) >= 11 is 5.86. The Kier molecular flexibility index (Phi) is 4.85. The van der Waals surface area contributed by atoms with Crippen molar-refractivity contribution in [3.63, 3.8) is 0 Å². The molecule has 2 aromatic rings. The van der Waals surface area contributed by atoms with Gasteiger partial charge in [0.15, 0.2) is 0 Å². The molecule has 0 saturated heterocycles. The van der Waals surface area contributed by atoms with E-state index < -0.39 is 5.97 Å². The number of nitrogens with one attached hydrogen (secondary N) is 2. The van der Waals surface area contributed by atoms with Crippen molar-refractivity contribution in [2.24, 2.45) is 0 Å². The van der Waals surface area contributed by atoms with Crippen LogP contribution in [-0.2, 0) is 11.3 Å². The van der Waals surface area contributed by atoms with Gasteiger partial charge in [0.2, 0.25) is 0 Å². The number of aromatic nitrogens is 1. The van der Waals surface area contributed by atoms with Crippen LogP contribution in [0.1, 0.15) is 28.5 Å². The molecule has 0 fully saturated rings. The van der Waals surface area contributed by atoms with E-state index in [0.717, 1.165) is 5.56 Å². The van der Waals surface area contributed by atoms with Gasteiger partial charge in [-0.3, -0.25) is 0 Å². The Morgan fingerprint density at radius 2 is 2.29 bits per heavy atom. The molecule has 1 aromatic heterocycles. The Balaban J connectivity index is 2.13. The third-order valence-electron chi connectivity index (χ3n) is 2.89. The predicted octanol–water partition coefficient (Wildman–Crippen LogP) is 3.33. The highest BCUT2D eigenvalue weighted by Gasteiger charge is 2.14. The van der Waals surface area contributed by atoms with Gasteiger partial charge in [0.25, 0.3) is 0 Å². The maximum absolute atomic E-state index is 11.7. The minimum atomic E-state index is -0.415. The lowest BCUT2D eigenvalue weighted by Crippen LogP contribution is -2.09. The smallest absolute Gasteiger partial charge is 0.356 e. The van der Waals surface area contributed by atoms with Gasteiger partial charge in [-0.1, -0.05) is 17.7 Å². The van der Waals surface area contributed by atoms with Gasteiger partial charge in [-0.05, 0) is 30.7 Å². The summed E-state index contributed by atoms with van der Waals surface area (Å²) in [5.74, 6) is -0.415. The van der Waals surface area contributed by atoms with Crippen molar-refractivity contribution in [1.29, 1.82) is 5.26 Å². The number of aromatic amines is 1. The molecule has 21 heavy (non-hydrogen) atoms. The molecule has 0 radical (unpaired) electrons. The van der Waals surface area contributed by atoms with Gasteiger partial charge in [0.05, 0.1) is 23.9 Å². The molecule has 0 bridgehead atoms. The van der Waals surface area contributed by atoms with Gasteiger partial charge >= 0.3 is 5.97 Å². The molecule has 0 spiro atoms. The van der Waals surface area contributed by atoms with Crippen LogP contribution >= 0.6 is 11.6 Å². The van der Waals surface area contributed by atoms with E-state index >= 15 is 0 Å². The first-order chi connectivity index (χ1) is 10.2. The molecule has 2 rings (SSSR count). The Morgan fingerprint density at radius 3 is 3.00 bits per heavy atom. The SMILES string of the molecule is CCOC(=O)c1[nH]ccc1NCc1ccc(Cl)cc1C#N. The average molecular weight is 304 g/mol. The first kappa shape index (κ1) is 14.9. The lowest BCUT2D eigenvalue weighted by atomic mass is 10.1. The number of nitriles is 1. The number of nitrogens with zero attached hydrogens (tertiary/aromatic N) is 1. The van der Waals surface area contributed by atoms with E-state index in [2.05, 4.69) is 16.4 Å². The highest BCUT2D eigenvalue weighted by atomic mass is 35.5. The minimum absolute atomic E-state index is 0.313. The fraction of sp³-hybridized carbons (Fsp3) is 0.200. The van der Waals surface area contributed by atoms with Crippen molar-refractivity contribution >= 4 is 23.3 Å². The molecule has 0 aliphatic rings. The molecule has 0 saturated carbocycles. The first-order valence-electron chi connectivity index (χ1n) is 6.42. The molecule has 1 aromatic carbocycles. The third kappa shape index (κ3) is 3.56. The summed E-state index contributed by atoms with van der Waals surface area (Å²) in [6.45, 7) is 2.47. The number of benzene rings is 1. The van der Waals surface area contributed by atoms with Crippen LogP contribution in [-0.4, -0.2) is 17.6 Å². The summed E-state index contributed by atoms with van der Waals surface area (Å²) in [4.78, 5) is 14.6. The summed E-state index contributed by atoms with van der Waals surface area (Å²) < 4.78 is 4.96. The maximum Gasteiger partial charge on any atom is 0.356 e. The van der Waals surface area contributed by atoms with Gasteiger partial charge in [-0.25, -0.2) is 4.79 Å². The zero-order chi connectivity index (χ0) is 15.2. The topological polar surface area (TPSA) is 77.9 Å². The first-order valence-corrected chi connectivity index (χ1v) is 6.80. The maximum atomic E-state index is 11.7. The van der Waals surface area contributed by atoms with Crippen LogP contribution in [0.2, 0.25) is 5.02 Å². The highest BCUT2D eigenvalue weighted by molar-refractivity contribution is 6.30. The monoisotopic (exact) mass is 303 g/mol. The summed E-state index contributed by atoms with van der Waals surface area (Å²) in [6.07, 6.45) is 1.65. The number of esters is 1. The number of rotatable bonds is 5. The fourth-order valence-electron chi connectivity index (χ4n) is 1.89. The normalized spacial score (nSPS) is 9.95. The van der Waals surface area contributed by atoms with Crippen LogP contribution in [0.5, 0.6) is 0 Å². The van der Waals surface area contributed by atoms with Crippen molar-refractivity contribution in [3.05, 3.63) is 52.3 Å². The predicted molar refractivity (Wildman–Crippen MR) is 80.2 cm³/mol. The Bertz CT molecular complexity index is 688. The van der Waals surface area contributed by atoms with Crippen molar-refractivity contribution in [3.8, 4) is 6.07 Å². The van der Waals surface area contributed by atoms with E-state index in [4.69, 9.17) is 21.6 Å². The molecule has 0 unspecified atom stereocenters. The van der Waals surface area contributed by atoms with E-state index in [1.54, 1.807) is 37.4 Å². The molecule has 5 nitrogen and oxygen atoms in total. The van der Waals surface area contributed by atoms with Crippen LogP contribution in [0.4, 0.5) is 5.69 Å². The van der Waals surface area contributed by atoms with E-state index in [1.165, 1.54) is 0 Å². The van der Waals surface area contributed by atoms with Gasteiger partial charge in [-0.2, -0.15) is 5.26 Å². The van der Waals surface area contributed by atoms with E-state index in [1.807, 2.05) is 0 Å². The number of anilines is 1. The van der Waals surface area contributed by atoms with Crippen molar-refractivity contribution in [1.82, 2.24) is 4.98 Å². The number of carbonyl (C=O) groups is 1. The highest BCUT2D eigenvalue weighted by Crippen LogP contribution is 2.19. The second-order valence-electron chi connectivity index (χ2n) is 4.25. The zero-order valence-electron chi connectivity index (χ0n) is 11.4. The molecular formula is C15H14ClN3O2. The standard InChI is InChI=1S/C15H14ClN3O2/c1-2-21-15(20)14-13(5-6-18-14)19-9-10-3-4-12(16)7-11(10)8-17/h3-7,18-19H,2,9H2,1H3. The number of carbonyl (C=O) groups excluding carboxylic acids is 1. The average Bonchev–Trinajstić information content (AvgIpc) is 2.94. The molecular weight excluding hydrogens is 290 g/mol. The van der Waals surface area contributed by atoms with Crippen molar-refractivity contribution in [2.45, 2.75) is 13.5 Å². The Morgan fingerprint density at radius 1 is 1.48 bits per heavy atom. The quantitative estimate of drug-likeness (QED) is 0.831. The molecule has 0 atom stereocenters. The lowest BCUT2D eigenvalue weighted by Gasteiger charge is -2.09. The van der Waals surface area contributed by atoms with Crippen LogP contribution in [0.25, 0.3) is 0 Å². The number of hydrogen-bond acceptors (Lipinski definition) is 4. The van der Waals surface area contributed by atoms with E-state index in [9.17, 15) is 4.79 Å². The van der Waals surface area contributed by atoms with E-state index in [-0.39, 0.29) is 0 Å². The summed E-state index contributed by atoms with van der Waals surface area (Å²) in [5, 5.41) is 12.7. The van der Waals surface area contributed by atoms with Crippen LogP contribution in [0, 0.1) is 11.3 Å². The van der Waals surface area contributed by atoms with Gasteiger partial charge in [0, 0.05) is 17.8 Å². The molecule has 108 valence electrons. The number of hydrogen-bond donors (Lipinski definition) is 2. The number of halogens is 1. The Hall–Kier alpha value is -2.45. The molecule has 0 aliphatic heterocycles. The van der Waals surface area contributed by atoms with Gasteiger partial charge in [0.1, 0.15) is 5.69 Å². The van der Waals surface area contributed by atoms with Gasteiger partial charge in [-0.15, -0.1) is 0 Å². The fourth-order valence-corrected chi connectivity index (χ4v) is 2.06. The molecule has 1 heterocycles. The largest absolute Gasteiger partial charge is 0.461 e. The molecule has 6 heteroatoms. The summed E-state index contributed by atoms with van der Waals surface area (Å²) in [5.41, 5.74) is 2.30. The van der Waals surface area contributed by atoms with Crippen LogP contribution < -0.4 is 5.32 Å². The summed E-state index contributed by atoms with van der Waals surface area (Å²) in [6, 6.07) is 8.96. The second-order valence-corrected chi connectivity index (χ2v) is 4.69. The number of H-pyrrole nitrogens is 1. The second kappa shape index (κ2) is 6.82. The van der Waals surface area contributed by atoms with Crippen LogP contribution in [0.15, 0.2) is 30.5 Å². The van der Waals surface area contributed by atoms with Crippen molar-refractivity contribution in [2.75, 3.05) is 11.9 Å². The lowest BCUT2D eigenvalue weighted by molar-refractivity contribution is 0.0521.